The van der Waals surface area contributed by atoms with Crippen LogP contribution in [-0.4, -0.2) is 11.2 Å². The van der Waals surface area contributed by atoms with Crippen LogP contribution < -0.4 is 4.74 Å². The molecule has 0 unspecified atom stereocenters. The molecule has 2 rings (SSSR count). The summed E-state index contributed by atoms with van der Waals surface area (Å²) in [7, 11) is 0. The fourth-order valence-corrected chi connectivity index (χ4v) is 1.74. The van der Waals surface area contributed by atoms with Crippen molar-refractivity contribution in [3.05, 3.63) is 63.5 Å². The Labute approximate surface area is 113 Å². The summed E-state index contributed by atoms with van der Waals surface area (Å²) in [6.07, 6.45) is 0.364. The highest BCUT2D eigenvalue weighted by Gasteiger charge is 2.13. The molecule has 0 aliphatic rings. The smallest absolute Gasteiger partial charge is 0.272 e. The van der Waals surface area contributed by atoms with Crippen molar-refractivity contribution >= 4 is 12.0 Å². The number of benzene rings is 2. The van der Waals surface area contributed by atoms with Crippen molar-refractivity contribution in [2.45, 2.75) is 6.92 Å². The number of hydrogen-bond donors (Lipinski definition) is 0. The molecule has 0 spiro atoms. The maximum Gasteiger partial charge on any atom is 0.272 e. The molecule has 0 saturated heterocycles. The zero-order valence-electron chi connectivity index (χ0n) is 10.5. The van der Waals surface area contributed by atoms with Gasteiger partial charge in [-0.3, -0.25) is 14.9 Å². The lowest BCUT2D eigenvalue weighted by molar-refractivity contribution is -0.385. The summed E-state index contributed by atoms with van der Waals surface area (Å²) in [5, 5.41) is 10.7. The number of nitrogens with zero attached hydrogens (tertiary/aromatic N) is 1. The van der Waals surface area contributed by atoms with Crippen molar-refractivity contribution in [1.82, 2.24) is 0 Å². The molecule has 5 nitrogen and oxygen atoms in total. The van der Waals surface area contributed by atoms with Crippen LogP contribution in [0, 0.1) is 22.9 Å². The molecular weight excluding hydrogens is 265 g/mol. The lowest BCUT2D eigenvalue weighted by Gasteiger charge is -2.09. The lowest BCUT2D eigenvalue weighted by atomic mass is 10.2. The molecule has 0 fully saturated rings. The van der Waals surface area contributed by atoms with Crippen LogP contribution in [0.4, 0.5) is 10.1 Å². The Morgan fingerprint density at radius 3 is 2.65 bits per heavy atom. The molecule has 0 heterocycles. The molecule has 0 bridgehead atoms. The van der Waals surface area contributed by atoms with Gasteiger partial charge in [0.15, 0.2) is 6.29 Å². The first-order valence-electron chi connectivity index (χ1n) is 5.69. The van der Waals surface area contributed by atoms with Crippen LogP contribution in [0.1, 0.15) is 15.9 Å². The predicted molar refractivity (Wildman–Crippen MR) is 69.7 cm³/mol. The monoisotopic (exact) mass is 275 g/mol. The third-order valence-corrected chi connectivity index (χ3v) is 2.72. The largest absolute Gasteiger partial charge is 0.456 e. The van der Waals surface area contributed by atoms with Crippen LogP contribution in [0.5, 0.6) is 11.5 Å². The number of nitro benzene ring substituents is 1. The summed E-state index contributed by atoms with van der Waals surface area (Å²) in [5.41, 5.74) is 0.187. The second-order valence-corrected chi connectivity index (χ2v) is 4.08. The van der Waals surface area contributed by atoms with Gasteiger partial charge in [-0.2, -0.15) is 0 Å². The number of carbonyl (C=O) groups is 1. The van der Waals surface area contributed by atoms with Gasteiger partial charge in [0, 0.05) is 11.6 Å². The maximum atomic E-state index is 13.4. The van der Waals surface area contributed by atoms with Gasteiger partial charge in [0.1, 0.15) is 17.3 Å². The van der Waals surface area contributed by atoms with Crippen molar-refractivity contribution in [2.75, 3.05) is 0 Å². The highest BCUT2D eigenvalue weighted by molar-refractivity contribution is 5.79. The highest BCUT2D eigenvalue weighted by Crippen LogP contribution is 2.29. The summed E-state index contributed by atoms with van der Waals surface area (Å²) < 4.78 is 18.8. The summed E-state index contributed by atoms with van der Waals surface area (Å²) in [6, 6.07) is 8.16. The number of nitro groups is 1. The predicted octanol–water partition coefficient (Wildman–Crippen LogP) is 3.65. The Kier molecular flexibility index (Phi) is 3.74. The second-order valence-electron chi connectivity index (χ2n) is 4.08. The Balaban J connectivity index is 2.36. The van der Waals surface area contributed by atoms with Crippen molar-refractivity contribution in [3.8, 4) is 11.5 Å². The first-order chi connectivity index (χ1) is 9.52. The fourth-order valence-electron chi connectivity index (χ4n) is 1.74. The van der Waals surface area contributed by atoms with Gasteiger partial charge in [-0.15, -0.1) is 0 Å². The van der Waals surface area contributed by atoms with E-state index in [0.717, 1.165) is 6.07 Å². The second kappa shape index (κ2) is 5.48. The van der Waals surface area contributed by atoms with Crippen molar-refractivity contribution in [2.24, 2.45) is 0 Å². The number of aryl methyl sites for hydroxylation is 1. The van der Waals surface area contributed by atoms with Crippen LogP contribution in [0.25, 0.3) is 0 Å². The van der Waals surface area contributed by atoms with Gasteiger partial charge < -0.3 is 4.74 Å². The summed E-state index contributed by atoms with van der Waals surface area (Å²) in [6.45, 7) is 1.57. The van der Waals surface area contributed by atoms with E-state index < -0.39 is 10.7 Å². The number of ether oxygens (including phenoxy) is 1. The van der Waals surface area contributed by atoms with E-state index >= 15 is 0 Å². The summed E-state index contributed by atoms with van der Waals surface area (Å²) in [4.78, 5) is 21.0. The van der Waals surface area contributed by atoms with E-state index in [2.05, 4.69) is 0 Å². The molecule has 0 aromatic heterocycles. The van der Waals surface area contributed by atoms with Crippen LogP contribution in [0.15, 0.2) is 36.4 Å². The number of rotatable bonds is 4. The zero-order valence-corrected chi connectivity index (χ0v) is 10.5. The molecule has 0 aliphatic carbocycles. The van der Waals surface area contributed by atoms with E-state index in [4.69, 9.17) is 4.74 Å². The lowest BCUT2D eigenvalue weighted by Crippen LogP contribution is -1.95. The van der Waals surface area contributed by atoms with Gasteiger partial charge in [-0.25, -0.2) is 4.39 Å². The normalized spacial score (nSPS) is 10.1. The molecule has 0 atom stereocenters. The minimum Gasteiger partial charge on any atom is -0.456 e. The van der Waals surface area contributed by atoms with Crippen LogP contribution in [0.2, 0.25) is 0 Å². The summed E-state index contributed by atoms with van der Waals surface area (Å²) >= 11 is 0. The minimum atomic E-state index is -0.684. The molecule has 0 radical (unpaired) electrons. The van der Waals surface area contributed by atoms with Gasteiger partial charge in [0.25, 0.3) is 5.69 Å². The van der Waals surface area contributed by atoms with E-state index in [-0.39, 0.29) is 17.0 Å². The Hall–Kier alpha value is -2.76. The average Bonchev–Trinajstić information content (AvgIpc) is 2.38. The van der Waals surface area contributed by atoms with Gasteiger partial charge in [-0.05, 0) is 31.2 Å². The van der Waals surface area contributed by atoms with Crippen LogP contribution in [-0.2, 0) is 0 Å². The van der Waals surface area contributed by atoms with Gasteiger partial charge in [-0.1, -0.05) is 6.07 Å². The molecule has 0 amide bonds. The Morgan fingerprint density at radius 1 is 1.30 bits per heavy atom. The minimum absolute atomic E-state index is 0.0350. The standard InChI is InChI=1S/C14H10FNO4/c1-9-7-10(5-6-13(9)16(18)19)20-14-4-2-3-12(15)11(14)8-17/h2-8H,1H3. The third kappa shape index (κ3) is 2.64. The average molecular weight is 275 g/mol. The molecule has 102 valence electrons. The van der Waals surface area contributed by atoms with Crippen LogP contribution in [0.3, 0.4) is 0 Å². The SMILES string of the molecule is Cc1cc(Oc2cccc(F)c2C=O)ccc1[N+](=O)[O-]. The van der Waals surface area contributed by atoms with E-state index in [9.17, 15) is 19.3 Å². The molecular formula is C14H10FNO4. The van der Waals surface area contributed by atoms with Gasteiger partial charge in [0.05, 0.1) is 10.5 Å². The maximum absolute atomic E-state index is 13.4. The molecule has 0 aliphatic heterocycles. The summed E-state index contributed by atoms with van der Waals surface area (Å²) in [5.74, 6) is -0.328. The molecule has 6 heteroatoms. The Bertz CT molecular complexity index is 685. The van der Waals surface area contributed by atoms with Crippen molar-refractivity contribution < 1.29 is 18.8 Å². The number of carbonyl (C=O) groups excluding carboxylic acids is 1. The zero-order chi connectivity index (χ0) is 14.7. The molecule has 0 N–H and O–H groups in total. The van der Waals surface area contributed by atoms with E-state index in [1.54, 1.807) is 6.92 Å². The van der Waals surface area contributed by atoms with Crippen molar-refractivity contribution in [3.63, 3.8) is 0 Å². The quantitative estimate of drug-likeness (QED) is 0.485. The van der Waals surface area contributed by atoms with Gasteiger partial charge >= 0.3 is 0 Å². The first-order valence-corrected chi connectivity index (χ1v) is 5.69. The highest BCUT2D eigenvalue weighted by atomic mass is 19.1. The molecule has 2 aromatic carbocycles. The number of aldehydes is 1. The van der Waals surface area contributed by atoms with E-state index in [1.807, 2.05) is 0 Å². The van der Waals surface area contributed by atoms with Crippen molar-refractivity contribution in [1.29, 1.82) is 0 Å². The van der Waals surface area contributed by atoms with E-state index in [1.165, 1.54) is 30.3 Å². The number of halogens is 1. The third-order valence-electron chi connectivity index (χ3n) is 2.72. The number of hydrogen-bond acceptors (Lipinski definition) is 4. The van der Waals surface area contributed by atoms with Crippen LogP contribution >= 0.6 is 0 Å². The van der Waals surface area contributed by atoms with E-state index in [0.29, 0.717) is 17.6 Å². The topological polar surface area (TPSA) is 69.4 Å². The molecule has 0 saturated carbocycles. The first kappa shape index (κ1) is 13.7. The molecule has 20 heavy (non-hydrogen) atoms. The molecule has 2 aromatic rings. The van der Waals surface area contributed by atoms with Gasteiger partial charge in [0.2, 0.25) is 0 Å². The Morgan fingerprint density at radius 2 is 2.05 bits per heavy atom. The fraction of sp³-hybridized carbons (Fsp3) is 0.0714.